The summed E-state index contributed by atoms with van der Waals surface area (Å²) < 4.78 is 5.82. The van der Waals surface area contributed by atoms with Crippen LogP contribution in [-0.2, 0) is 11.2 Å². The molecule has 0 spiro atoms. The van der Waals surface area contributed by atoms with E-state index in [9.17, 15) is 0 Å². The summed E-state index contributed by atoms with van der Waals surface area (Å²) in [7, 11) is 1.99. The molecular formula is C15H25NO. The predicted molar refractivity (Wildman–Crippen MR) is 73.4 cm³/mol. The van der Waals surface area contributed by atoms with Gasteiger partial charge in [0.2, 0.25) is 0 Å². The zero-order valence-electron chi connectivity index (χ0n) is 11.7. The van der Waals surface area contributed by atoms with Gasteiger partial charge in [-0.1, -0.05) is 29.8 Å². The third-order valence-corrected chi connectivity index (χ3v) is 2.73. The molecule has 96 valence electrons. The van der Waals surface area contributed by atoms with Crippen LogP contribution in [0.1, 0.15) is 31.9 Å². The van der Waals surface area contributed by atoms with Crippen molar-refractivity contribution >= 4 is 0 Å². The smallest absolute Gasteiger partial charge is 0.0629 e. The normalized spacial score (nSPS) is 13.7. The maximum Gasteiger partial charge on any atom is 0.0629 e. The standard InChI is InChI=1S/C15H25NO/c1-12-6-8-13(9-7-12)10-14(16-5)11-17-15(2,3)4/h6-9,14,16H,10-11H2,1-5H3. The van der Waals surface area contributed by atoms with Gasteiger partial charge < -0.3 is 10.1 Å². The lowest BCUT2D eigenvalue weighted by Gasteiger charge is -2.24. The Hall–Kier alpha value is -0.860. The van der Waals surface area contributed by atoms with Gasteiger partial charge in [0.05, 0.1) is 12.2 Å². The molecule has 1 N–H and O–H groups in total. The first-order chi connectivity index (χ1) is 7.90. The molecule has 1 aromatic carbocycles. The van der Waals surface area contributed by atoms with Gasteiger partial charge in [-0.25, -0.2) is 0 Å². The highest BCUT2D eigenvalue weighted by molar-refractivity contribution is 5.22. The van der Waals surface area contributed by atoms with E-state index in [1.54, 1.807) is 0 Å². The minimum Gasteiger partial charge on any atom is -0.374 e. The summed E-state index contributed by atoms with van der Waals surface area (Å²) in [5.41, 5.74) is 2.59. The lowest BCUT2D eigenvalue weighted by Crippen LogP contribution is -2.36. The van der Waals surface area contributed by atoms with Gasteiger partial charge in [0.25, 0.3) is 0 Å². The molecule has 2 nitrogen and oxygen atoms in total. The van der Waals surface area contributed by atoms with E-state index in [-0.39, 0.29) is 5.60 Å². The topological polar surface area (TPSA) is 21.3 Å². The summed E-state index contributed by atoms with van der Waals surface area (Å²) in [6.45, 7) is 9.12. The van der Waals surface area contributed by atoms with E-state index in [0.29, 0.717) is 6.04 Å². The Kier molecular flexibility index (Phi) is 5.16. The number of aryl methyl sites for hydroxylation is 1. The van der Waals surface area contributed by atoms with Crippen molar-refractivity contribution in [3.8, 4) is 0 Å². The molecule has 0 heterocycles. The van der Waals surface area contributed by atoms with Crippen LogP contribution in [0.25, 0.3) is 0 Å². The second kappa shape index (κ2) is 6.18. The van der Waals surface area contributed by atoms with Gasteiger partial charge in [-0.15, -0.1) is 0 Å². The quantitative estimate of drug-likeness (QED) is 0.847. The molecule has 0 aliphatic carbocycles. The molecule has 1 rings (SSSR count). The van der Waals surface area contributed by atoms with E-state index in [4.69, 9.17) is 4.74 Å². The maximum absolute atomic E-state index is 5.82. The highest BCUT2D eigenvalue weighted by Gasteiger charge is 2.14. The number of benzene rings is 1. The van der Waals surface area contributed by atoms with Crippen LogP contribution in [-0.4, -0.2) is 25.3 Å². The molecule has 1 aromatic rings. The lowest BCUT2D eigenvalue weighted by molar-refractivity contribution is -0.0134. The Morgan fingerprint density at radius 1 is 1.18 bits per heavy atom. The monoisotopic (exact) mass is 235 g/mol. The first kappa shape index (κ1) is 14.2. The van der Waals surface area contributed by atoms with Crippen molar-refractivity contribution in [1.82, 2.24) is 5.32 Å². The van der Waals surface area contributed by atoms with Gasteiger partial charge in [-0.3, -0.25) is 0 Å². The Morgan fingerprint density at radius 3 is 2.24 bits per heavy atom. The SMILES string of the molecule is CNC(COC(C)(C)C)Cc1ccc(C)cc1. The van der Waals surface area contributed by atoms with Crippen LogP contribution in [0.2, 0.25) is 0 Å². The number of nitrogens with one attached hydrogen (secondary N) is 1. The number of rotatable bonds is 5. The fraction of sp³-hybridized carbons (Fsp3) is 0.600. The average molecular weight is 235 g/mol. The maximum atomic E-state index is 5.82. The summed E-state index contributed by atoms with van der Waals surface area (Å²) in [5, 5.41) is 3.31. The second-order valence-corrected chi connectivity index (χ2v) is 5.60. The molecule has 17 heavy (non-hydrogen) atoms. The Balaban J connectivity index is 2.49. The summed E-state index contributed by atoms with van der Waals surface area (Å²) in [4.78, 5) is 0. The molecule has 0 aliphatic heterocycles. The molecule has 0 fully saturated rings. The van der Waals surface area contributed by atoms with E-state index in [1.165, 1.54) is 11.1 Å². The van der Waals surface area contributed by atoms with Crippen molar-refractivity contribution in [3.05, 3.63) is 35.4 Å². The van der Waals surface area contributed by atoms with Crippen LogP contribution >= 0.6 is 0 Å². The number of hydrogen-bond acceptors (Lipinski definition) is 2. The Bertz CT molecular complexity index is 324. The van der Waals surface area contributed by atoms with Gasteiger partial charge in [-0.05, 0) is 46.7 Å². The van der Waals surface area contributed by atoms with E-state index < -0.39 is 0 Å². The van der Waals surface area contributed by atoms with Gasteiger partial charge in [0.15, 0.2) is 0 Å². The van der Waals surface area contributed by atoms with Crippen LogP contribution in [0.5, 0.6) is 0 Å². The molecule has 2 heteroatoms. The highest BCUT2D eigenvalue weighted by Crippen LogP contribution is 2.10. The van der Waals surface area contributed by atoms with Crippen LogP contribution in [0, 0.1) is 6.92 Å². The van der Waals surface area contributed by atoms with Crippen LogP contribution < -0.4 is 5.32 Å². The molecule has 1 unspecified atom stereocenters. The predicted octanol–water partition coefficient (Wildman–Crippen LogP) is 2.94. The first-order valence-electron chi connectivity index (χ1n) is 6.27. The zero-order valence-corrected chi connectivity index (χ0v) is 11.7. The van der Waals surface area contributed by atoms with Crippen molar-refractivity contribution < 1.29 is 4.74 Å². The first-order valence-corrected chi connectivity index (χ1v) is 6.27. The second-order valence-electron chi connectivity index (χ2n) is 5.60. The van der Waals surface area contributed by atoms with Crippen molar-refractivity contribution in [2.75, 3.05) is 13.7 Å². The minimum atomic E-state index is -0.0671. The Morgan fingerprint density at radius 2 is 1.76 bits per heavy atom. The van der Waals surface area contributed by atoms with E-state index >= 15 is 0 Å². The summed E-state index contributed by atoms with van der Waals surface area (Å²) in [5.74, 6) is 0. The van der Waals surface area contributed by atoms with Crippen LogP contribution in [0.3, 0.4) is 0 Å². The average Bonchev–Trinajstić information content (AvgIpc) is 2.25. The van der Waals surface area contributed by atoms with Crippen molar-refractivity contribution in [3.63, 3.8) is 0 Å². The van der Waals surface area contributed by atoms with Crippen LogP contribution in [0.15, 0.2) is 24.3 Å². The summed E-state index contributed by atoms with van der Waals surface area (Å²) >= 11 is 0. The molecule has 0 aliphatic rings. The van der Waals surface area contributed by atoms with E-state index in [2.05, 4.69) is 57.3 Å². The molecular weight excluding hydrogens is 210 g/mol. The molecule has 0 bridgehead atoms. The van der Waals surface area contributed by atoms with Gasteiger partial charge in [-0.2, -0.15) is 0 Å². The molecule has 1 atom stereocenters. The minimum absolute atomic E-state index is 0.0671. The van der Waals surface area contributed by atoms with Gasteiger partial charge in [0.1, 0.15) is 0 Å². The third kappa shape index (κ3) is 5.85. The molecule has 0 saturated carbocycles. The highest BCUT2D eigenvalue weighted by atomic mass is 16.5. The van der Waals surface area contributed by atoms with Crippen molar-refractivity contribution in [2.45, 2.75) is 45.8 Å². The van der Waals surface area contributed by atoms with Crippen molar-refractivity contribution in [2.24, 2.45) is 0 Å². The Labute approximate surface area is 105 Å². The lowest BCUT2D eigenvalue weighted by atomic mass is 10.0. The molecule has 0 aromatic heterocycles. The van der Waals surface area contributed by atoms with Gasteiger partial charge in [0, 0.05) is 6.04 Å². The third-order valence-electron chi connectivity index (χ3n) is 2.73. The molecule has 0 amide bonds. The largest absolute Gasteiger partial charge is 0.374 e. The van der Waals surface area contributed by atoms with Crippen LogP contribution in [0.4, 0.5) is 0 Å². The zero-order chi connectivity index (χ0) is 12.9. The fourth-order valence-electron chi connectivity index (χ4n) is 1.60. The molecule has 0 radical (unpaired) electrons. The fourth-order valence-corrected chi connectivity index (χ4v) is 1.60. The summed E-state index contributed by atoms with van der Waals surface area (Å²) in [6.07, 6.45) is 1.01. The number of ether oxygens (including phenoxy) is 1. The number of likely N-dealkylation sites (N-methyl/N-ethyl adjacent to an activating group) is 1. The van der Waals surface area contributed by atoms with E-state index in [0.717, 1.165) is 13.0 Å². The van der Waals surface area contributed by atoms with Crippen molar-refractivity contribution in [1.29, 1.82) is 0 Å². The summed E-state index contributed by atoms with van der Waals surface area (Å²) in [6, 6.07) is 9.07. The molecule has 0 saturated heterocycles. The van der Waals surface area contributed by atoms with Gasteiger partial charge >= 0.3 is 0 Å². The van der Waals surface area contributed by atoms with E-state index in [1.807, 2.05) is 7.05 Å². The number of hydrogen-bond donors (Lipinski definition) is 1.